The molecule has 0 aliphatic heterocycles. The van der Waals surface area contributed by atoms with Gasteiger partial charge in [-0.2, -0.15) is 0 Å². The van der Waals surface area contributed by atoms with Crippen molar-refractivity contribution in [3.8, 4) is 17.2 Å². The quantitative estimate of drug-likeness (QED) is 0.403. The third-order valence-corrected chi connectivity index (χ3v) is 4.82. The van der Waals surface area contributed by atoms with E-state index in [2.05, 4.69) is 10.6 Å². The van der Waals surface area contributed by atoms with E-state index in [1.807, 2.05) is 6.07 Å². The minimum Gasteiger partial charge on any atom is -0.495 e. The Kier molecular flexibility index (Phi) is 8.91. The first kappa shape index (κ1) is 25.4. The van der Waals surface area contributed by atoms with Crippen LogP contribution in [0.15, 0.2) is 66.7 Å². The Hall–Kier alpha value is -4.24. The van der Waals surface area contributed by atoms with Gasteiger partial charge >= 0.3 is 5.97 Å². The molecule has 3 aromatic rings. The van der Waals surface area contributed by atoms with Crippen molar-refractivity contribution in [3.63, 3.8) is 0 Å². The summed E-state index contributed by atoms with van der Waals surface area (Å²) in [7, 11) is 2.87. The number of ether oxygens (including phenoxy) is 4. The van der Waals surface area contributed by atoms with Crippen LogP contribution in [0, 0.1) is 0 Å². The van der Waals surface area contributed by atoms with E-state index in [0.717, 1.165) is 0 Å². The van der Waals surface area contributed by atoms with Crippen molar-refractivity contribution in [2.75, 3.05) is 38.1 Å². The van der Waals surface area contributed by atoms with Gasteiger partial charge in [-0.3, -0.25) is 9.59 Å². The van der Waals surface area contributed by atoms with Crippen LogP contribution in [0.5, 0.6) is 17.2 Å². The molecule has 3 rings (SSSR count). The average Bonchev–Trinajstić information content (AvgIpc) is 2.86. The van der Waals surface area contributed by atoms with Gasteiger partial charge < -0.3 is 29.6 Å². The molecular formula is C25H23ClN2O7. The number of rotatable bonds is 10. The average molecular weight is 499 g/mol. The van der Waals surface area contributed by atoms with Crippen LogP contribution in [0.3, 0.4) is 0 Å². The maximum absolute atomic E-state index is 12.4. The lowest BCUT2D eigenvalue weighted by atomic mass is 10.2. The van der Waals surface area contributed by atoms with E-state index < -0.39 is 24.4 Å². The van der Waals surface area contributed by atoms with Crippen LogP contribution in [0.2, 0.25) is 5.02 Å². The molecule has 0 saturated heterocycles. The second-order valence-corrected chi connectivity index (χ2v) is 7.47. The summed E-state index contributed by atoms with van der Waals surface area (Å²) in [5.74, 6) is -0.760. The summed E-state index contributed by atoms with van der Waals surface area (Å²) < 4.78 is 21.1. The summed E-state index contributed by atoms with van der Waals surface area (Å²) >= 11 is 5.97. The second-order valence-electron chi connectivity index (χ2n) is 7.04. The molecule has 10 heteroatoms. The minimum atomic E-state index is -0.719. The molecular weight excluding hydrogens is 476 g/mol. The van der Waals surface area contributed by atoms with Gasteiger partial charge in [-0.1, -0.05) is 29.8 Å². The van der Waals surface area contributed by atoms with E-state index >= 15 is 0 Å². The van der Waals surface area contributed by atoms with Crippen LogP contribution >= 0.6 is 11.6 Å². The lowest BCUT2D eigenvalue weighted by Gasteiger charge is -2.13. The van der Waals surface area contributed by atoms with Crippen LogP contribution in [-0.4, -0.2) is 45.2 Å². The summed E-state index contributed by atoms with van der Waals surface area (Å²) in [5, 5.41) is 5.71. The molecule has 0 bridgehead atoms. The van der Waals surface area contributed by atoms with Gasteiger partial charge in [0.15, 0.2) is 24.7 Å². The molecule has 2 N–H and O–H groups in total. The molecule has 9 nitrogen and oxygen atoms in total. The number of amides is 2. The number of esters is 1. The van der Waals surface area contributed by atoms with Crippen molar-refractivity contribution in [3.05, 3.63) is 77.3 Å². The maximum atomic E-state index is 12.4. The number of nitrogens with one attached hydrogen (secondary N) is 2. The fourth-order valence-corrected chi connectivity index (χ4v) is 3.13. The zero-order valence-electron chi connectivity index (χ0n) is 19.0. The highest BCUT2D eigenvalue weighted by Crippen LogP contribution is 2.29. The molecule has 0 heterocycles. The number of para-hydroxylation sites is 1. The third kappa shape index (κ3) is 7.38. The van der Waals surface area contributed by atoms with E-state index in [-0.39, 0.29) is 23.7 Å². The molecule has 0 atom stereocenters. The van der Waals surface area contributed by atoms with Crippen LogP contribution in [-0.2, 0) is 14.3 Å². The van der Waals surface area contributed by atoms with Crippen LogP contribution < -0.4 is 24.8 Å². The molecule has 182 valence electrons. The molecule has 0 fully saturated rings. The van der Waals surface area contributed by atoms with Crippen molar-refractivity contribution in [2.45, 2.75) is 0 Å². The fraction of sp³-hybridized carbons (Fsp3) is 0.160. The van der Waals surface area contributed by atoms with Gasteiger partial charge in [-0.05, 0) is 48.5 Å². The number of carbonyl (C=O) groups is 3. The number of benzene rings is 3. The predicted molar refractivity (Wildman–Crippen MR) is 130 cm³/mol. The summed E-state index contributed by atoms with van der Waals surface area (Å²) in [6.45, 7) is -0.795. The Balaban J connectivity index is 1.55. The van der Waals surface area contributed by atoms with Gasteiger partial charge in [0.1, 0.15) is 5.75 Å². The van der Waals surface area contributed by atoms with Gasteiger partial charge in [-0.25, -0.2) is 4.79 Å². The normalized spacial score (nSPS) is 10.1. The Labute approximate surface area is 206 Å². The van der Waals surface area contributed by atoms with Crippen LogP contribution in [0.1, 0.15) is 10.4 Å². The predicted octanol–water partition coefficient (Wildman–Crippen LogP) is 4.17. The smallest absolute Gasteiger partial charge is 0.338 e. The molecule has 35 heavy (non-hydrogen) atoms. The van der Waals surface area contributed by atoms with Crippen molar-refractivity contribution >= 4 is 40.8 Å². The van der Waals surface area contributed by atoms with E-state index in [4.69, 9.17) is 30.5 Å². The first-order valence-electron chi connectivity index (χ1n) is 10.4. The molecule has 0 spiro atoms. The molecule has 2 amide bonds. The Morgan fingerprint density at radius 3 is 2.17 bits per heavy atom. The summed E-state index contributed by atoms with van der Waals surface area (Å²) in [4.78, 5) is 36.7. The largest absolute Gasteiger partial charge is 0.495 e. The van der Waals surface area contributed by atoms with Crippen LogP contribution in [0.4, 0.5) is 11.4 Å². The first-order chi connectivity index (χ1) is 16.9. The Bertz CT molecular complexity index is 1200. The number of hydrogen-bond donors (Lipinski definition) is 2. The van der Waals surface area contributed by atoms with Crippen LogP contribution in [0.25, 0.3) is 0 Å². The van der Waals surface area contributed by atoms with Gasteiger partial charge in [0.2, 0.25) is 0 Å². The highest BCUT2D eigenvalue weighted by atomic mass is 35.5. The first-order valence-corrected chi connectivity index (χ1v) is 10.7. The number of halogens is 1. The molecule has 0 unspecified atom stereocenters. The molecule has 0 aliphatic rings. The zero-order chi connectivity index (χ0) is 25.2. The molecule has 0 aliphatic carbocycles. The summed E-state index contributed by atoms with van der Waals surface area (Å²) in [6.07, 6.45) is 0. The Morgan fingerprint density at radius 1 is 0.771 bits per heavy atom. The third-order valence-electron chi connectivity index (χ3n) is 4.59. The lowest BCUT2D eigenvalue weighted by Crippen LogP contribution is -2.21. The number of hydrogen-bond acceptors (Lipinski definition) is 7. The number of anilines is 2. The second kappa shape index (κ2) is 12.3. The topological polar surface area (TPSA) is 112 Å². The summed E-state index contributed by atoms with van der Waals surface area (Å²) in [6, 6.07) is 17.9. The van der Waals surface area contributed by atoms with Crippen molar-refractivity contribution in [2.24, 2.45) is 0 Å². The van der Waals surface area contributed by atoms with Crippen molar-refractivity contribution in [1.29, 1.82) is 0 Å². The van der Waals surface area contributed by atoms with Gasteiger partial charge in [0.05, 0.1) is 25.5 Å². The SMILES string of the molecule is COc1ccc(Cl)cc1NC(=O)COc1ccc(C(=O)OCC(=O)Nc2ccccc2)cc1OC. The van der Waals surface area contributed by atoms with Crippen molar-refractivity contribution in [1.82, 2.24) is 0 Å². The highest BCUT2D eigenvalue weighted by Gasteiger charge is 2.16. The van der Waals surface area contributed by atoms with E-state index in [1.165, 1.54) is 32.4 Å². The van der Waals surface area contributed by atoms with E-state index in [0.29, 0.717) is 22.1 Å². The van der Waals surface area contributed by atoms with E-state index in [1.54, 1.807) is 42.5 Å². The van der Waals surface area contributed by atoms with Gasteiger partial charge in [-0.15, -0.1) is 0 Å². The standard InChI is InChI=1S/C25H23ClN2O7/c1-32-20-11-9-17(26)13-19(20)28-24(30)14-34-21-10-8-16(12-22(21)33-2)25(31)35-15-23(29)27-18-6-4-3-5-7-18/h3-13H,14-15H2,1-2H3,(H,27,29)(H,28,30). The number of carbonyl (C=O) groups excluding carboxylic acids is 3. The molecule has 0 radical (unpaired) electrons. The molecule has 0 saturated carbocycles. The minimum absolute atomic E-state index is 0.148. The number of methoxy groups -OCH3 is 2. The maximum Gasteiger partial charge on any atom is 0.338 e. The molecule has 3 aromatic carbocycles. The summed E-state index contributed by atoms with van der Waals surface area (Å²) in [5.41, 5.74) is 1.14. The van der Waals surface area contributed by atoms with Gasteiger partial charge in [0, 0.05) is 10.7 Å². The molecule has 0 aromatic heterocycles. The highest BCUT2D eigenvalue weighted by molar-refractivity contribution is 6.31. The monoisotopic (exact) mass is 498 g/mol. The zero-order valence-corrected chi connectivity index (χ0v) is 19.8. The fourth-order valence-electron chi connectivity index (χ4n) is 2.95. The lowest BCUT2D eigenvalue weighted by molar-refractivity contribution is -0.119. The van der Waals surface area contributed by atoms with E-state index in [9.17, 15) is 14.4 Å². The van der Waals surface area contributed by atoms with Gasteiger partial charge in [0.25, 0.3) is 11.8 Å². The Morgan fingerprint density at radius 2 is 1.46 bits per heavy atom. The van der Waals surface area contributed by atoms with Crippen molar-refractivity contribution < 1.29 is 33.3 Å².